The Morgan fingerprint density at radius 2 is 0.931 bits per heavy atom. The average Bonchev–Trinajstić information content (AvgIpc) is 3.99. The molecule has 0 unspecified atom stereocenters. The molecule has 6 nitrogen and oxygen atoms in total. The average molecular weight is 761 g/mol. The number of imide groups is 1. The summed E-state index contributed by atoms with van der Waals surface area (Å²) in [5, 5.41) is 17.5. The lowest BCUT2D eigenvalue weighted by atomic mass is 10.0. The summed E-state index contributed by atoms with van der Waals surface area (Å²) in [6.45, 7) is 0. The first-order chi connectivity index (χ1) is 28.6. The standard InChI is InChI=1S/C51H28N4O2S/c52-29-32-25-33(19-23-43(32)55-50(56)38-12-1-2-13-39(38)51(55)57)53-44-14-6-3-9-35(44)40-26-30(17-21-46(40)53)31-18-22-47-41(27-31)36-10-4-7-15-45(36)54(47)34-20-24-49-42(28-34)37-11-5-8-16-48(37)58-49/h1-28H. The summed E-state index contributed by atoms with van der Waals surface area (Å²) in [4.78, 5) is 27.8. The van der Waals surface area contributed by atoms with Gasteiger partial charge in [-0.15, -0.1) is 11.3 Å². The molecular weight excluding hydrogens is 733 g/mol. The minimum Gasteiger partial charge on any atom is -0.309 e. The zero-order valence-electron chi connectivity index (χ0n) is 30.7. The van der Waals surface area contributed by atoms with Crippen LogP contribution >= 0.6 is 11.3 Å². The molecule has 12 rings (SSSR count). The van der Waals surface area contributed by atoms with Gasteiger partial charge in [0.2, 0.25) is 0 Å². The molecule has 58 heavy (non-hydrogen) atoms. The Morgan fingerprint density at radius 3 is 1.55 bits per heavy atom. The van der Waals surface area contributed by atoms with Crippen molar-refractivity contribution in [2.45, 2.75) is 0 Å². The van der Waals surface area contributed by atoms with Gasteiger partial charge in [0.15, 0.2) is 0 Å². The van der Waals surface area contributed by atoms with Crippen molar-refractivity contribution in [3.8, 4) is 28.6 Å². The van der Waals surface area contributed by atoms with Gasteiger partial charge in [-0.3, -0.25) is 9.59 Å². The Morgan fingerprint density at radius 1 is 0.431 bits per heavy atom. The molecule has 11 aromatic rings. The molecular formula is C51H28N4O2S. The van der Waals surface area contributed by atoms with Gasteiger partial charge < -0.3 is 9.13 Å². The van der Waals surface area contributed by atoms with Crippen LogP contribution in [0.1, 0.15) is 26.3 Å². The molecule has 4 heterocycles. The molecule has 1 aliphatic rings. The number of nitrogens with zero attached hydrogens (tertiary/aromatic N) is 4. The van der Waals surface area contributed by atoms with Crippen molar-refractivity contribution in [2.24, 2.45) is 0 Å². The van der Waals surface area contributed by atoms with Crippen molar-refractivity contribution in [2.75, 3.05) is 4.90 Å². The summed E-state index contributed by atoms with van der Waals surface area (Å²) in [5.41, 5.74) is 9.60. The monoisotopic (exact) mass is 760 g/mol. The lowest BCUT2D eigenvalue weighted by Crippen LogP contribution is -2.30. The van der Waals surface area contributed by atoms with Gasteiger partial charge in [-0.25, -0.2) is 4.90 Å². The topological polar surface area (TPSA) is 71.0 Å². The number of amides is 2. The van der Waals surface area contributed by atoms with Gasteiger partial charge in [-0.2, -0.15) is 5.26 Å². The maximum absolute atomic E-state index is 13.4. The van der Waals surface area contributed by atoms with E-state index in [2.05, 4.69) is 130 Å². The summed E-state index contributed by atoms with van der Waals surface area (Å²) < 4.78 is 7.11. The molecule has 0 radical (unpaired) electrons. The molecule has 7 heteroatoms. The molecule has 0 bridgehead atoms. The highest BCUT2D eigenvalue weighted by atomic mass is 32.1. The van der Waals surface area contributed by atoms with E-state index in [4.69, 9.17) is 0 Å². The molecule has 0 atom stereocenters. The molecule has 0 spiro atoms. The number of carbonyl (C=O) groups excluding carboxylic acids is 2. The molecule has 0 N–H and O–H groups in total. The van der Waals surface area contributed by atoms with Crippen LogP contribution in [-0.2, 0) is 0 Å². The van der Waals surface area contributed by atoms with Crippen molar-refractivity contribution < 1.29 is 9.59 Å². The van der Waals surface area contributed by atoms with E-state index in [1.807, 2.05) is 29.5 Å². The van der Waals surface area contributed by atoms with Crippen molar-refractivity contribution in [3.05, 3.63) is 187 Å². The third-order valence-corrected chi connectivity index (χ3v) is 12.8. The second-order valence-electron chi connectivity index (χ2n) is 14.8. The van der Waals surface area contributed by atoms with E-state index in [0.717, 1.165) is 60.2 Å². The second-order valence-corrected chi connectivity index (χ2v) is 15.8. The van der Waals surface area contributed by atoms with E-state index >= 15 is 0 Å². The summed E-state index contributed by atoms with van der Waals surface area (Å²) >= 11 is 1.83. The Bertz CT molecular complexity index is 3620. The van der Waals surface area contributed by atoms with Crippen LogP contribution in [0.25, 0.3) is 86.3 Å². The van der Waals surface area contributed by atoms with Gasteiger partial charge in [0.05, 0.1) is 44.4 Å². The first kappa shape index (κ1) is 32.5. The Kier molecular flexibility index (Phi) is 6.77. The second kappa shape index (κ2) is 12.1. The Hall–Kier alpha value is -7.79. The van der Waals surface area contributed by atoms with Crippen LogP contribution in [0.5, 0.6) is 0 Å². The lowest BCUT2D eigenvalue weighted by molar-refractivity contribution is 0.0926. The van der Waals surface area contributed by atoms with Gasteiger partial charge >= 0.3 is 0 Å². The molecule has 3 aromatic heterocycles. The smallest absolute Gasteiger partial charge is 0.266 e. The summed E-state index contributed by atoms with van der Waals surface area (Å²) in [6, 6.07) is 60.0. The number of nitriles is 1. The molecule has 270 valence electrons. The first-order valence-corrected chi connectivity index (χ1v) is 19.9. The molecule has 0 aliphatic carbocycles. The molecule has 0 saturated heterocycles. The normalized spacial score (nSPS) is 12.8. The third-order valence-electron chi connectivity index (χ3n) is 11.7. The van der Waals surface area contributed by atoms with Gasteiger partial charge in [0, 0.05) is 53.1 Å². The maximum Gasteiger partial charge on any atom is 0.266 e. The fourth-order valence-electron chi connectivity index (χ4n) is 9.07. The van der Waals surface area contributed by atoms with E-state index in [-0.39, 0.29) is 11.3 Å². The minimum absolute atomic E-state index is 0.241. The number of hydrogen-bond acceptors (Lipinski definition) is 4. The zero-order valence-corrected chi connectivity index (χ0v) is 31.5. The number of para-hydroxylation sites is 2. The van der Waals surface area contributed by atoms with Gasteiger partial charge in [-0.05, 0) is 102 Å². The summed E-state index contributed by atoms with van der Waals surface area (Å²) in [5.74, 6) is -0.851. The van der Waals surface area contributed by atoms with Crippen LogP contribution in [0.4, 0.5) is 5.69 Å². The van der Waals surface area contributed by atoms with E-state index < -0.39 is 11.8 Å². The van der Waals surface area contributed by atoms with Gasteiger partial charge in [-0.1, -0.05) is 78.9 Å². The highest BCUT2D eigenvalue weighted by molar-refractivity contribution is 7.25. The van der Waals surface area contributed by atoms with Crippen LogP contribution in [0.2, 0.25) is 0 Å². The largest absolute Gasteiger partial charge is 0.309 e. The number of fused-ring (bicyclic) bond motifs is 10. The Labute approximate surface area is 335 Å². The van der Waals surface area contributed by atoms with Crippen LogP contribution in [0.15, 0.2) is 170 Å². The summed E-state index contributed by atoms with van der Waals surface area (Å²) in [6.07, 6.45) is 0. The maximum atomic E-state index is 13.4. The lowest BCUT2D eigenvalue weighted by Gasteiger charge is -2.17. The fraction of sp³-hybridized carbons (Fsp3) is 0. The number of carbonyl (C=O) groups is 2. The number of benzene rings is 8. The fourth-order valence-corrected chi connectivity index (χ4v) is 10.2. The molecule has 0 fully saturated rings. The number of anilines is 1. The SMILES string of the molecule is N#Cc1cc(-n2c3ccccc3c3cc(-c4ccc5c(c4)c4ccccc4n5-c4ccc5sc6ccccc6c5c4)ccc32)ccc1N1C(=O)c2ccccc2C1=O. The number of thiophene rings is 1. The molecule has 8 aromatic carbocycles. The van der Waals surface area contributed by atoms with E-state index in [0.29, 0.717) is 11.1 Å². The molecule has 0 saturated carbocycles. The van der Waals surface area contributed by atoms with Crippen molar-refractivity contribution in [3.63, 3.8) is 0 Å². The van der Waals surface area contributed by atoms with Crippen molar-refractivity contribution in [1.82, 2.24) is 9.13 Å². The van der Waals surface area contributed by atoms with E-state index in [1.165, 1.54) is 30.9 Å². The van der Waals surface area contributed by atoms with Crippen LogP contribution in [-0.4, -0.2) is 20.9 Å². The highest BCUT2D eigenvalue weighted by Crippen LogP contribution is 2.41. The van der Waals surface area contributed by atoms with E-state index in [9.17, 15) is 14.9 Å². The molecule has 1 aliphatic heterocycles. The quantitative estimate of drug-likeness (QED) is 0.168. The predicted molar refractivity (Wildman–Crippen MR) is 236 cm³/mol. The first-order valence-electron chi connectivity index (χ1n) is 19.1. The van der Waals surface area contributed by atoms with Crippen LogP contribution in [0, 0.1) is 11.3 Å². The number of hydrogen-bond donors (Lipinski definition) is 0. The van der Waals surface area contributed by atoms with E-state index in [1.54, 1.807) is 36.4 Å². The van der Waals surface area contributed by atoms with Crippen molar-refractivity contribution in [1.29, 1.82) is 5.26 Å². The predicted octanol–water partition coefficient (Wildman–Crippen LogP) is 12.6. The minimum atomic E-state index is -0.425. The number of aromatic nitrogens is 2. The summed E-state index contributed by atoms with van der Waals surface area (Å²) in [7, 11) is 0. The molecule has 2 amide bonds. The third kappa shape index (κ3) is 4.52. The van der Waals surface area contributed by atoms with Crippen LogP contribution in [0.3, 0.4) is 0 Å². The van der Waals surface area contributed by atoms with Gasteiger partial charge in [0.25, 0.3) is 11.8 Å². The van der Waals surface area contributed by atoms with Crippen molar-refractivity contribution >= 4 is 92.6 Å². The number of rotatable bonds is 4. The Balaban J connectivity index is 0.980. The highest BCUT2D eigenvalue weighted by Gasteiger charge is 2.37. The van der Waals surface area contributed by atoms with Crippen LogP contribution < -0.4 is 4.90 Å². The zero-order chi connectivity index (χ0) is 38.6. The van der Waals surface area contributed by atoms with Gasteiger partial charge in [0.1, 0.15) is 6.07 Å².